The summed E-state index contributed by atoms with van der Waals surface area (Å²) >= 11 is 0. The summed E-state index contributed by atoms with van der Waals surface area (Å²) in [6.45, 7) is 7.37. The molecule has 1 aromatic rings. The minimum absolute atomic E-state index is 0.587. The Bertz CT molecular complexity index is 320. The zero-order chi connectivity index (χ0) is 10.7. The predicted molar refractivity (Wildman–Crippen MR) is 61.1 cm³/mol. The highest BCUT2D eigenvalue weighted by molar-refractivity contribution is 5.40. The van der Waals surface area contributed by atoms with Gasteiger partial charge in [-0.05, 0) is 26.8 Å². The fraction of sp³-hybridized carbons (Fsp3) is 0.636. The molecule has 0 radical (unpaired) electrons. The molecule has 1 aliphatic heterocycles. The van der Waals surface area contributed by atoms with Crippen LogP contribution in [0.15, 0.2) is 12.4 Å². The normalized spacial score (nSPS) is 20.5. The number of anilines is 1. The van der Waals surface area contributed by atoms with Crippen LogP contribution in [0.4, 0.5) is 5.82 Å². The zero-order valence-electron chi connectivity index (χ0n) is 9.40. The van der Waals surface area contributed by atoms with Crippen LogP contribution in [-0.2, 0) is 0 Å². The Morgan fingerprint density at radius 1 is 1.53 bits per heavy atom. The van der Waals surface area contributed by atoms with Gasteiger partial charge in [0.1, 0.15) is 12.1 Å². The van der Waals surface area contributed by atoms with Gasteiger partial charge in [-0.25, -0.2) is 9.97 Å². The summed E-state index contributed by atoms with van der Waals surface area (Å²) in [5.74, 6) is 1.05. The summed E-state index contributed by atoms with van der Waals surface area (Å²) in [4.78, 5) is 10.8. The van der Waals surface area contributed by atoms with Gasteiger partial charge in [0.2, 0.25) is 0 Å². The Labute approximate surface area is 90.7 Å². The van der Waals surface area contributed by atoms with E-state index in [4.69, 9.17) is 0 Å². The number of nitrogens with one attached hydrogen (secondary N) is 1. The molecule has 0 bridgehead atoms. The Balaban J connectivity index is 2.18. The van der Waals surface area contributed by atoms with Crippen LogP contribution in [-0.4, -0.2) is 35.6 Å². The van der Waals surface area contributed by atoms with Crippen molar-refractivity contribution in [3.8, 4) is 0 Å². The van der Waals surface area contributed by atoms with Gasteiger partial charge in [-0.2, -0.15) is 0 Å². The third kappa shape index (κ3) is 2.26. The molecule has 82 valence electrons. The van der Waals surface area contributed by atoms with E-state index >= 15 is 0 Å². The number of likely N-dealkylation sites (N-methyl/N-ethyl adjacent to an activating group) is 1. The van der Waals surface area contributed by atoms with Crippen LogP contribution < -0.4 is 10.2 Å². The van der Waals surface area contributed by atoms with E-state index in [1.165, 1.54) is 6.42 Å². The highest BCUT2D eigenvalue weighted by atomic mass is 15.2. The molecule has 1 atom stereocenters. The van der Waals surface area contributed by atoms with Crippen molar-refractivity contribution in [3.63, 3.8) is 0 Å². The Hall–Kier alpha value is -1.16. The lowest BCUT2D eigenvalue weighted by Crippen LogP contribution is -2.37. The minimum Gasteiger partial charge on any atom is -0.352 e. The highest BCUT2D eigenvalue weighted by Crippen LogP contribution is 2.17. The molecule has 0 spiro atoms. The third-order valence-electron chi connectivity index (χ3n) is 2.90. The van der Waals surface area contributed by atoms with Gasteiger partial charge in [0.05, 0.1) is 0 Å². The van der Waals surface area contributed by atoms with Crippen molar-refractivity contribution >= 4 is 5.82 Å². The van der Waals surface area contributed by atoms with E-state index in [-0.39, 0.29) is 0 Å². The molecule has 1 fully saturated rings. The average Bonchev–Trinajstić information content (AvgIpc) is 2.72. The highest BCUT2D eigenvalue weighted by Gasteiger charge is 2.22. The van der Waals surface area contributed by atoms with E-state index in [1.807, 2.05) is 6.92 Å². The van der Waals surface area contributed by atoms with Crippen molar-refractivity contribution in [3.05, 3.63) is 18.1 Å². The molecule has 1 aromatic heterocycles. The number of aromatic nitrogens is 2. The second kappa shape index (κ2) is 4.57. The van der Waals surface area contributed by atoms with Crippen LogP contribution >= 0.6 is 0 Å². The maximum Gasteiger partial charge on any atom is 0.132 e. The van der Waals surface area contributed by atoms with Crippen LogP contribution in [0.5, 0.6) is 0 Å². The molecule has 4 heteroatoms. The molecule has 0 aliphatic carbocycles. The van der Waals surface area contributed by atoms with Crippen molar-refractivity contribution in [2.75, 3.05) is 24.5 Å². The zero-order valence-corrected chi connectivity index (χ0v) is 9.40. The fourth-order valence-corrected chi connectivity index (χ4v) is 2.11. The summed E-state index contributed by atoms with van der Waals surface area (Å²) in [6.07, 6.45) is 2.85. The molecule has 1 N–H and O–H groups in total. The van der Waals surface area contributed by atoms with Crippen LogP contribution in [0.1, 0.15) is 19.0 Å². The lowest BCUT2D eigenvalue weighted by Gasteiger charge is -2.28. The maximum atomic E-state index is 4.34. The molecule has 1 saturated heterocycles. The standard InChI is InChI=1S/C11H18N4/c1-3-15(10-4-5-12-7-10)11-6-9(2)13-8-14-11/h6,8,10,12H,3-5,7H2,1-2H3. The number of rotatable bonds is 3. The van der Waals surface area contributed by atoms with Gasteiger partial charge in [-0.1, -0.05) is 0 Å². The Morgan fingerprint density at radius 3 is 3.00 bits per heavy atom. The molecule has 1 unspecified atom stereocenters. The van der Waals surface area contributed by atoms with Crippen LogP contribution in [0, 0.1) is 6.92 Å². The largest absolute Gasteiger partial charge is 0.352 e. The van der Waals surface area contributed by atoms with Gasteiger partial charge in [0.25, 0.3) is 0 Å². The van der Waals surface area contributed by atoms with Gasteiger partial charge in [0.15, 0.2) is 0 Å². The van der Waals surface area contributed by atoms with Crippen molar-refractivity contribution in [2.45, 2.75) is 26.3 Å². The average molecular weight is 206 g/mol. The first-order chi connectivity index (χ1) is 7.31. The van der Waals surface area contributed by atoms with Gasteiger partial charge in [-0.15, -0.1) is 0 Å². The topological polar surface area (TPSA) is 41.1 Å². The summed E-state index contributed by atoms with van der Waals surface area (Å²) in [6, 6.07) is 2.64. The third-order valence-corrected chi connectivity index (χ3v) is 2.90. The molecule has 0 amide bonds. The summed E-state index contributed by atoms with van der Waals surface area (Å²) in [5.41, 5.74) is 1.03. The smallest absolute Gasteiger partial charge is 0.132 e. The molecular weight excluding hydrogens is 188 g/mol. The summed E-state index contributed by atoms with van der Waals surface area (Å²) < 4.78 is 0. The van der Waals surface area contributed by atoms with E-state index < -0.39 is 0 Å². The van der Waals surface area contributed by atoms with Crippen LogP contribution in [0.3, 0.4) is 0 Å². The molecule has 1 aliphatic rings. The Kier molecular flexibility index (Phi) is 3.16. The first-order valence-corrected chi connectivity index (χ1v) is 5.57. The molecule has 2 heterocycles. The lowest BCUT2D eigenvalue weighted by atomic mass is 10.2. The first kappa shape index (κ1) is 10.4. The van der Waals surface area contributed by atoms with E-state index in [9.17, 15) is 0 Å². The van der Waals surface area contributed by atoms with Crippen molar-refractivity contribution < 1.29 is 0 Å². The number of aryl methyl sites for hydroxylation is 1. The van der Waals surface area contributed by atoms with Crippen LogP contribution in [0.2, 0.25) is 0 Å². The molecule has 2 rings (SSSR count). The second-order valence-electron chi connectivity index (χ2n) is 3.95. The number of hydrogen-bond donors (Lipinski definition) is 1. The first-order valence-electron chi connectivity index (χ1n) is 5.57. The van der Waals surface area contributed by atoms with E-state index in [1.54, 1.807) is 6.33 Å². The predicted octanol–water partition coefficient (Wildman–Crippen LogP) is 0.973. The number of hydrogen-bond acceptors (Lipinski definition) is 4. The van der Waals surface area contributed by atoms with Gasteiger partial charge in [-0.3, -0.25) is 0 Å². The maximum absolute atomic E-state index is 4.34. The number of nitrogens with zero attached hydrogens (tertiary/aromatic N) is 3. The molecular formula is C11H18N4. The summed E-state index contributed by atoms with van der Waals surface area (Å²) in [7, 11) is 0. The van der Waals surface area contributed by atoms with Gasteiger partial charge in [0, 0.05) is 30.9 Å². The molecule has 0 saturated carbocycles. The van der Waals surface area contributed by atoms with Crippen molar-refractivity contribution in [1.82, 2.24) is 15.3 Å². The van der Waals surface area contributed by atoms with Gasteiger partial charge >= 0.3 is 0 Å². The van der Waals surface area contributed by atoms with E-state index in [0.717, 1.165) is 31.1 Å². The van der Waals surface area contributed by atoms with Crippen molar-refractivity contribution in [1.29, 1.82) is 0 Å². The van der Waals surface area contributed by atoms with E-state index in [0.29, 0.717) is 6.04 Å². The molecule has 15 heavy (non-hydrogen) atoms. The fourth-order valence-electron chi connectivity index (χ4n) is 2.11. The second-order valence-corrected chi connectivity index (χ2v) is 3.95. The van der Waals surface area contributed by atoms with Crippen molar-refractivity contribution in [2.24, 2.45) is 0 Å². The SMILES string of the molecule is CCN(c1cc(C)ncn1)C1CCNC1. The summed E-state index contributed by atoms with van der Waals surface area (Å²) in [5, 5.41) is 3.39. The van der Waals surface area contributed by atoms with Crippen LogP contribution in [0.25, 0.3) is 0 Å². The quantitative estimate of drug-likeness (QED) is 0.800. The minimum atomic E-state index is 0.587. The van der Waals surface area contributed by atoms with E-state index in [2.05, 4.69) is 33.2 Å². The monoisotopic (exact) mass is 206 g/mol. The lowest BCUT2D eigenvalue weighted by molar-refractivity contribution is 0.639. The van der Waals surface area contributed by atoms with Gasteiger partial charge < -0.3 is 10.2 Å². The Morgan fingerprint density at radius 2 is 2.40 bits per heavy atom. The molecule has 4 nitrogen and oxygen atoms in total. The molecule has 0 aromatic carbocycles.